The van der Waals surface area contributed by atoms with Gasteiger partial charge in [0.05, 0.1) is 5.56 Å². The molecule has 0 bridgehead atoms. The molecule has 0 radical (unpaired) electrons. The topological polar surface area (TPSA) is 17.0 Å². The first-order chi connectivity index (χ1) is 12.5. The molecule has 2 aromatic carbocycles. The van der Waals surface area contributed by atoms with E-state index in [2.05, 4.69) is 28.1 Å². The van der Waals surface area contributed by atoms with E-state index < -0.39 is 11.7 Å². The number of nitrogens with zero attached hydrogens (tertiary/aromatic N) is 1. The van der Waals surface area contributed by atoms with Crippen LogP contribution in [0.2, 0.25) is 0 Å². The monoisotopic (exact) mass is 358 g/mol. The standard InChI is InChI=1S/C21H21F3N2/c22-21(23,24)18-7-5-15(6-8-18)14-26-19-4-2-1-3-17(19)13-20(26)16-9-11-25-12-10-16/h1-8,13,16,25H,9-12,14H2. The van der Waals surface area contributed by atoms with Crippen molar-refractivity contribution in [2.45, 2.75) is 31.5 Å². The number of benzene rings is 2. The molecule has 26 heavy (non-hydrogen) atoms. The highest BCUT2D eigenvalue weighted by Crippen LogP contribution is 2.32. The van der Waals surface area contributed by atoms with E-state index in [1.54, 1.807) is 12.1 Å². The van der Waals surface area contributed by atoms with Gasteiger partial charge in [0.25, 0.3) is 0 Å². The van der Waals surface area contributed by atoms with Gasteiger partial charge in [0.2, 0.25) is 0 Å². The molecule has 0 aliphatic carbocycles. The number of para-hydroxylation sites is 1. The Hall–Kier alpha value is -2.27. The molecular formula is C21H21F3N2. The molecule has 1 N–H and O–H groups in total. The number of piperidine rings is 1. The van der Waals surface area contributed by atoms with Gasteiger partial charge in [0.15, 0.2) is 0 Å². The zero-order chi connectivity index (χ0) is 18.1. The van der Waals surface area contributed by atoms with Crippen LogP contribution in [0.5, 0.6) is 0 Å². The van der Waals surface area contributed by atoms with Crippen LogP contribution in [-0.4, -0.2) is 17.7 Å². The number of fused-ring (bicyclic) bond motifs is 1. The molecule has 1 aromatic heterocycles. The molecule has 3 aromatic rings. The second kappa shape index (κ2) is 6.80. The molecule has 2 nitrogen and oxygen atoms in total. The average Bonchev–Trinajstić information content (AvgIpc) is 3.01. The molecule has 5 heteroatoms. The third-order valence-corrected chi connectivity index (χ3v) is 5.22. The maximum atomic E-state index is 12.8. The van der Waals surface area contributed by atoms with Crippen molar-refractivity contribution in [2.24, 2.45) is 0 Å². The van der Waals surface area contributed by atoms with Crippen molar-refractivity contribution < 1.29 is 13.2 Å². The molecule has 4 rings (SSSR count). The Kier molecular flexibility index (Phi) is 4.49. The summed E-state index contributed by atoms with van der Waals surface area (Å²) in [4.78, 5) is 0. The summed E-state index contributed by atoms with van der Waals surface area (Å²) in [5, 5.41) is 4.58. The van der Waals surface area contributed by atoms with Gasteiger partial charge in [0.1, 0.15) is 0 Å². The van der Waals surface area contributed by atoms with E-state index in [0.29, 0.717) is 12.5 Å². The molecule has 136 valence electrons. The van der Waals surface area contributed by atoms with Gasteiger partial charge in [-0.2, -0.15) is 13.2 Å². The van der Waals surface area contributed by atoms with E-state index in [1.807, 2.05) is 12.1 Å². The Morgan fingerprint density at radius 1 is 0.962 bits per heavy atom. The van der Waals surface area contributed by atoms with E-state index in [9.17, 15) is 13.2 Å². The van der Waals surface area contributed by atoms with Crippen molar-refractivity contribution in [3.63, 3.8) is 0 Å². The SMILES string of the molecule is FC(F)(F)c1ccc(Cn2c(C3CCNCC3)cc3ccccc32)cc1. The van der Waals surface area contributed by atoms with Gasteiger partial charge in [-0.25, -0.2) is 0 Å². The van der Waals surface area contributed by atoms with Crippen LogP contribution < -0.4 is 5.32 Å². The van der Waals surface area contributed by atoms with Crippen LogP contribution in [-0.2, 0) is 12.7 Å². The van der Waals surface area contributed by atoms with Gasteiger partial charge >= 0.3 is 6.18 Å². The number of aromatic nitrogens is 1. The number of rotatable bonds is 3. The highest BCUT2D eigenvalue weighted by atomic mass is 19.4. The lowest BCUT2D eigenvalue weighted by molar-refractivity contribution is -0.137. The predicted octanol–water partition coefficient (Wildman–Crippen LogP) is 5.18. The lowest BCUT2D eigenvalue weighted by Gasteiger charge is -2.24. The van der Waals surface area contributed by atoms with Gasteiger partial charge in [-0.05, 0) is 61.1 Å². The van der Waals surface area contributed by atoms with Crippen LogP contribution in [0.1, 0.15) is 35.6 Å². The minimum Gasteiger partial charge on any atom is -0.340 e. The zero-order valence-electron chi connectivity index (χ0n) is 14.4. The first-order valence-electron chi connectivity index (χ1n) is 8.97. The third kappa shape index (κ3) is 3.36. The predicted molar refractivity (Wildman–Crippen MR) is 97.3 cm³/mol. The second-order valence-corrected chi connectivity index (χ2v) is 6.93. The number of nitrogens with one attached hydrogen (secondary N) is 1. The summed E-state index contributed by atoms with van der Waals surface area (Å²) in [5.41, 5.74) is 2.71. The van der Waals surface area contributed by atoms with E-state index >= 15 is 0 Å². The highest BCUT2D eigenvalue weighted by molar-refractivity contribution is 5.81. The molecule has 1 saturated heterocycles. The minimum atomic E-state index is -4.29. The summed E-state index contributed by atoms with van der Waals surface area (Å²) in [6, 6.07) is 16.0. The summed E-state index contributed by atoms with van der Waals surface area (Å²) in [5.74, 6) is 0.484. The fourth-order valence-corrected chi connectivity index (χ4v) is 3.85. The molecule has 2 heterocycles. The van der Waals surface area contributed by atoms with Gasteiger partial charge in [0, 0.05) is 23.7 Å². The van der Waals surface area contributed by atoms with E-state index in [4.69, 9.17) is 0 Å². The highest BCUT2D eigenvalue weighted by Gasteiger charge is 2.30. The Balaban J connectivity index is 1.70. The Morgan fingerprint density at radius 3 is 2.35 bits per heavy atom. The minimum absolute atomic E-state index is 0.484. The number of halogens is 3. The maximum Gasteiger partial charge on any atom is 0.416 e. The Bertz CT molecular complexity index is 888. The molecule has 0 spiro atoms. The van der Waals surface area contributed by atoms with E-state index in [-0.39, 0.29) is 0 Å². The van der Waals surface area contributed by atoms with Crippen LogP contribution in [0.15, 0.2) is 54.6 Å². The van der Waals surface area contributed by atoms with Gasteiger partial charge in [-0.3, -0.25) is 0 Å². The van der Waals surface area contributed by atoms with Gasteiger partial charge < -0.3 is 9.88 Å². The van der Waals surface area contributed by atoms with Gasteiger partial charge in [-0.1, -0.05) is 30.3 Å². The van der Waals surface area contributed by atoms with Crippen LogP contribution in [0.25, 0.3) is 10.9 Å². The van der Waals surface area contributed by atoms with E-state index in [0.717, 1.165) is 37.0 Å². The molecule has 1 fully saturated rings. The summed E-state index contributed by atoms with van der Waals surface area (Å²) < 4.78 is 40.7. The molecule has 0 unspecified atom stereocenters. The van der Waals surface area contributed by atoms with E-state index in [1.165, 1.54) is 23.2 Å². The average molecular weight is 358 g/mol. The normalized spacial score (nSPS) is 16.3. The lowest BCUT2D eigenvalue weighted by Crippen LogP contribution is -2.27. The summed E-state index contributed by atoms with van der Waals surface area (Å²) in [6.45, 7) is 2.60. The van der Waals surface area contributed by atoms with Crippen molar-refractivity contribution in [1.29, 1.82) is 0 Å². The van der Waals surface area contributed by atoms with Gasteiger partial charge in [-0.15, -0.1) is 0 Å². The summed E-state index contributed by atoms with van der Waals surface area (Å²) in [6.07, 6.45) is -2.12. The van der Waals surface area contributed by atoms with Crippen molar-refractivity contribution in [3.8, 4) is 0 Å². The van der Waals surface area contributed by atoms with Crippen LogP contribution in [0, 0.1) is 0 Å². The molecular weight excluding hydrogens is 337 g/mol. The number of hydrogen-bond acceptors (Lipinski definition) is 1. The number of hydrogen-bond donors (Lipinski definition) is 1. The smallest absolute Gasteiger partial charge is 0.340 e. The maximum absolute atomic E-state index is 12.8. The third-order valence-electron chi connectivity index (χ3n) is 5.22. The quantitative estimate of drug-likeness (QED) is 0.683. The van der Waals surface area contributed by atoms with Crippen LogP contribution >= 0.6 is 0 Å². The molecule has 0 saturated carbocycles. The fraction of sp³-hybridized carbons (Fsp3) is 0.333. The lowest BCUT2D eigenvalue weighted by atomic mass is 9.94. The summed E-state index contributed by atoms with van der Waals surface area (Å²) in [7, 11) is 0. The molecule has 1 aliphatic heterocycles. The Labute approximate surface area is 150 Å². The molecule has 1 aliphatic rings. The van der Waals surface area contributed by atoms with Crippen molar-refractivity contribution >= 4 is 10.9 Å². The zero-order valence-corrected chi connectivity index (χ0v) is 14.4. The number of alkyl halides is 3. The Morgan fingerprint density at radius 2 is 1.65 bits per heavy atom. The fourth-order valence-electron chi connectivity index (χ4n) is 3.85. The summed E-state index contributed by atoms with van der Waals surface area (Å²) >= 11 is 0. The molecule has 0 amide bonds. The first-order valence-corrected chi connectivity index (χ1v) is 8.97. The second-order valence-electron chi connectivity index (χ2n) is 6.93. The van der Waals surface area contributed by atoms with Crippen molar-refractivity contribution in [1.82, 2.24) is 9.88 Å². The van der Waals surface area contributed by atoms with Crippen LogP contribution in [0.4, 0.5) is 13.2 Å². The van der Waals surface area contributed by atoms with Crippen molar-refractivity contribution in [2.75, 3.05) is 13.1 Å². The largest absolute Gasteiger partial charge is 0.416 e. The van der Waals surface area contributed by atoms with Crippen molar-refractivity contribution in [3.05, 3.63) is 71.4 Å². The van der Waals surface area contributed by atoms with Crippen LogP contribution in [0.3, 0.4) is 0 Å². The first kappa shape index (κ1) is 17.2. The molecule has 0 atom stereocenters.